The van der Waals surface area contributed by atoms with Crippen LogP contribution in [-0.2, 0) is 18.5 Å². The van der Waals surface area contributed by atoms with Gasteiger partial charge in [0.1, 0.15) is 5.69 Å². The van der Waals surface area contributed by atoms with E-state index in [0.29, 0.717) is 51.9 Å². The zero-order valence-electron chi connectivity index (χ0n) is 19.2. The van der Waals surface area contributed by atoms with Gasteiger partial charge < -0.3 is 16.0 Å². The van der Waals surface area contributed by atoms with Crippen LogP contribution < -0.4 is 11.1 Å². The number of anilines is 1. The second-order valence-corrected chi connectivity index (χ2v) is 9.68. The lowest BCUT2D eigenvalue weighted by atomic mass is 9.84. The molecular formula is C25H25ClN6O2. The van der Waals surface area contributed by atoms with Crippen LogP contribution in [0.2, 0.25) is 5.02 Å². The summed E-state index contributed by atoms with van der Waals surface area (Å²) in [5.74, 6) is -0.368. The van der Waals surface area contributed by atoms with Crippen molar-refractivity contribution in [2.75, 3.05) is 11.9 Å². The van der Waals surface area contributed by atoms with Crippen LogP contribution in [0.25, 0.3) is 11.3 Å². The van der Waals surface area contributed by atoms with Crippen molar-refractivity contribution in [2.24, 2.45) is 5.73 Å². The molecule has 0 atom stereocenters. The number of nitrogens with two attached hydrogens (primary N) is 1. The van der Waals surface area contributed by atoms with Gasteiger partial charge in [-0.1, -0.05) is 44.5 Å². The second-order valence-electron chi connectivity index (χ2n) is 9.24. The van der Waals surface area contributed by atoms with E-state index in [1.54, 1.807) is 35.0 Å². The van der Waals surface area contributed by atoms with Gasteiger partial charge in [0.25, 0.3) is 5.91 Å². The summed E-state index contributed by atoms with van der Waals surface area (Å²) in [7, 11) is 0. The van der Waals surface area contributed by atoms with Gasteiger partial charge in [-0.05, 0) is 41.3 Å². The molecule has 34 heavy (non-hydrogen) atoms. The Labute approximate surface area is 202 Å². The van der Waals surface area contributed by atoms with Crippen molar-refractivity contribution in [1.29, 1.82) is 5.26 Å². The number of halogens is 1. The maximum Gasteiger partial charge on any atom is 0.315 e. The van der Waals surface area contributed by atoms with Gasteiger partial charge in [-0.15, -0.1) is 0 Å². The van der Waals surface area contributed by atoms with Crippen LogP contribution in [0, 0.1) is 11.3 Å². The predicted octanol–water partition coefficient (Wildman–Crippen LogP) is 4.52. The molecule has 0 fully saturated rings. The molecule has 3 amide bonds. The Hall–Kier alpha value is -3.83. The van der Waals surface area contributed by atoms with Crippen molar-refractivity contribution >= 4 is 29.2 Å². The molecule has 0 unspecified atom stereocenters. The molecule has 1 aliphatic heterocycles. The highest BCUT2D eigenvalue weighted by molar-refractivity contribution is 6.30. The van der Waals surface area contributed by atoms with Crippen molar-refractivity contribution in [3.63, 3.8) is 0 Å². The van der Waals surface area contributed by atoms with Crippen molar-refractivity contribution < 1.29 is 9.59 Å². The number of carbonyl (C=O) groups is 2. The molecule has 2 heterocycles. The monoisotopic (exact) mass is 476 g/mol. The molecule has 1 aliphatic rings. The molecule has 0 saturated heterocycles. The third kappa shape index (κ3) is 4.47. The van der Waals surface area contributed by atoms with Gasteiger partial charge in [-0.2, -0.15) is 10.4 Å². The number of hydrogen-bond acceptors (Lipinski definition) is 4. The number of benzene rings is 2. The first-order chi connectivity index (χ1) is 16.1. The Morgan fingerprint density at radius 1 is 1.18 bits per heavy atom. The van der Waals surface area contributed by atoms with Crippen LogP contribution in [-0.4, -0.2) is 33.2 Å². The number of urea groups is 1. The molecule has 0 radical (unpaired) electrons. The van der Waals surface area contributed by atoms with Gasteiger partial charge >= 0.3 is 6.03 Å². The number of fused-ring (bicyclic) bond motifs is 1. The largest absolute Gasteiger partial charge is 0.351 e. The summed E-state index contributed by atoms with van der Waals surface area (Å²) >= 11 is 6.21. The number of rotatable bonds is 3. The number of primary amides is 1. The first kappa shape index (κ1) is 23.3. The molecule has 8 nitrogen and oxygen atoms in total. The molecule has 3 aromatic rings. The first-order valence-electron chi connectivity index (χ1n) is 10.8. The molecule has 0 bridgehead atoms. The summed E-state index contributed by atoms with van der Waals surface area (Å²) in [6.07, 6.45) is 0. The van der Waals surface area contributed by atoms with E-state index in [4.69, 9.17) is 17.3 Å². The minimum Gasteiger partial charge on any atom is -0.351 e. The van der Waals surface area contributed by atoms with Crippen molar-refractivity contribution in [3.05, 3.63) is 69.9 Å². The molecular weight excluding hydrogens is 452 g/mol. The maximum absolute atomic E-state index is 13.6. The number of carbonyl (C=O) groups excluding carboxylic acids is 2. The SMILES string of the molecule is CC(C)(C)c1cc(NC(=O)c2c(-c3cccc(Cl)c3)nn3c2CN(C(N)=O)CC3)ccc1C#N. The first-order valence-corrected chi connectivity index (χ1v) is 11.2. The maximum atomic E-state index is 13.6. The van der Waals surface area contributed by atoms with E-state index < -0.39 is 6.03 Å². The lowest BCUT2D eigenvalue weighted by Gasteiger charge is -2.26. The molecule has 1 aromatic heterocycles. The van der Waals surface area contributed by atoms with Gasteiger partial charge in [0.15, 0.2) is 0 Å². The molecule has 0 saturated carbocycles. The smallest absolute Gasteiger partial charge is 0.315 e. The molecule has 9 heteroatoms. The Balaban J connectivity index is 1.79. The third-order valence-corrected chi connectivity index (χ3v) is 6.06. The number of amides is 3. The van der Waals surface area contributed by atoms with E-state index in [9.17, 15) is 14.9 Å². The van der Waals surface area contributed by atoms with E-state index in [2.05, 4.69) is 16.5 Å². The van der Waals surface area contributed by atoms with Gasteiger partial charge in [-0.25, -0.2) is 4.79 Å². The number of nitrogens with one attached hydrogen (secondary N) is 1. The van der Waals surface area contributed by atoms with Crippen LogP contribution in [0.15, 0.2) is 42.5 Å². The topological polar surface area (TPSA) is 117 Å². The number of aromatic nitrogens is 2. The van der Waals surface area contributed by atoms with Crippen LogP contribution in [0.3, 0.4) is 0 Å². The summed E-state index contributed by atoms with van der Waals surface area (Å²) in [6, 6.07) is 14.0. The van der Waals surface area contributed by atoms with Crippen molar-refractivity contribution in [1.82, 2.24) is 14.7 Å². The van der Waals surface area contributed by atoms with E-state index in [1.807, 2.05) is 32.9 Å². The van der Waals surface area contributed by atoms with E-state index >= 15 is 0 Å². The fourth-order valence-corrected chi connectivity index (χ4v) is 4.31. The Morgan fingerprint density at radius 3 is 2.59 bits per heavy atom. The highest BCUT2D eigenvalue weighted by Crippen LogP contribution is 2.32. The molecule has 0 aliphatic carbocycles. The summed E-state index contributed by atoms with van der Waals surface area (Å²) in [6.45, 7) is 7.04. The van der Waals surface area contributed by atoms with Crippen LogP contribution in [0.4, 0.5) is 10.5 Å². The predicted molar refractivity (Wildman–Crippen MR) is 130 cm³/mol. The highest BCUT2D eigenvalue weighted by atomic mass is 35.5. The molecule has 174 valence electrons. The van der Waals surface area contributed by atoms with Crippen molar-refractivity contribution in [2.45, 2.75) is 39.3 Å². The highest BCUT2D eigenvalue weighted by Gasteiger charge is 2.30. The van der Waals surface area contributed by atoms with Crippen LogP contribution in [0.1, 0.15) is 48.0 Å². The summed E-state index contributed by atoms with van der Waals surface area (Å²) in [4.78, 5) is 26.9. The standard InChI is InChI=1S/C25H25ClN6O2/c1-25(2,3)19-12-18(8-7-16(19)13-27)29-23(33)21-20-14-31(24(28)34)9-10-32(20)30-22(21)15-5-4-6-17(26)11-15/h4-8,11-12H,9-10,14H2,1-3H3,(H2,28,34)(H,29,33). The Bertz CT molecular complexity index is 1330. The van der Waals surface area contributed by atoms with Crippen LogP contribution in [0.5, 0.6) is 0 Å². The molecule has 2 aromatic carbocycles. The number of hydrogen-bond donors (Lipinski definition) is 2. The summed E-state index contributed by atoms with van der Waals surface area (Å²) in [5.41, 5.74) is 9.31. The normalized spacial score (nSPS) is 13.2. The quantitative estimate of drug-likeness (QED) is 0.577. The average molecular weight is 477 g/mol. The van der Waals surface area contributed by atoms with Gasteiger partial charge in [0.05, 0.1) is 36.0 Å². The fourth-order valence-electron chi connectivity index (χ4n) is 4.12. The molecule has 4 rings (SSSR count). The molecule has 0 spiro atoms. The minimum atomic E-state index is -0.551. The van der Waals surface area contributed by atoms with Gasteiger partial charge in [0, 0.05) is 22.8 Å². The van der Waals surface area contributed by atoms with Gasteiger partial charge in [-0.3, -0.25) is 9.48 Å². The Kier molecular flexibility index (Phi) is 6.07. The third-order valence-electron chi connectivity index (χ3n) is 5.82. The lowest BCUT2D eigenvalue weighted by molar-refractivity contribution is 0.102. The minimum absolute atomic E-state index is 0.173. The molecule has 3 N–H and O–H groups in total. The number of nitriles is 1. The Morgan fingerprint density at radius 2 is 1.94 bits per heavy atom. The van der Waals surface area contributed by atoms with Crippen LogP contribution >= 0.6 is 11.6 Å². The second kappa shape index (κ2) is 8.84. The number of nitrogens with zero attached hydrogens (tertiary/aromatic N) is 4. The average Bonchev–Trinajstić information content (AvgIpc) is 3.17. The van der Waals surface area contributed by atoms with E-state index in [0.717, 1.165) is 5.56 Å². The summed E-state index contributed by atoms with van der Waals surface area (Å²) < 4.78 is 1.74. The van der Waals surface area contributed by atoms with E-state index in [-0.39, 0.29) is 17.9 Å². The van der Waals surface area contributed by atoms with Gasteiger partial charge in [0.2, 0.25) is 0 Å². The zero-order valence-corrected chi connectivity index (χ0v) is 20.0. The zero-order chi connectivity index (χ0) is 24.6. The fraction of sp³-hybridized carbons (Fsp3) is 0.280. The van der Waals surface area contributed by atoms with E-state index in [1.165, 1.54) is 4.90 Å². The van der Waals surface area contributed by atoms with Crippen molar-refractivity contribution in [3.8, 4) is 17.3 Å². The summed E-state index contributed by atoms with van der Waals surface area (Å²) in [5, 5.41) is 17.6. The lowest BCUT2D eigenvalue weighted by Crippen LogP contribution is -2.42.